The maximum absolute atomic E-state index is 4.48. The summed E-state index contributed by atoms with van der Waals surface area (Å²) in [5.74, 6) is 1.06. The van der Waals surface area contributed by atoms with Gasteiger partial charge >= 0.3 is 0 Å². The van der Waals surface area contributed by atoms with Crippen LogP contribution in [0.15, 0.2) is 66.9 Å². The number of benzene rings is 2. The first-order valence-electron chi connectivity index (χ1n) is 8.71. The summed E-state index contributed by atoms with van der Waals surface area (Å²) in [6.45, 7) is 9.03. The Morgan fingerprint density at radius 3 is 1.88 bits per heavy atom. The lowest BCUT2D eigenvalue weighted by atomic mass is 9.90. The molecule has 0 N–H and O–H groups in total. The fourth-order valence-electron chi connectivity index (χ4n) is 2.90. The van der Waals surface area contributed by atoms with Gasteiger partial charge in [-0.25, -0.2) is 0 Å². The topological polar surface area (TPSA) is 12.9 Å². The van der Waals surface area contributed by atoms with E-state index in [9.17, 15) is 0 Å². The molecule has 0 aliphatic carbocycles. The maximum atomic E-state index is 4.48. The van der Waals surface area contributed by atoms with Gasteiger partial charge in [-0.3, -0.25) is 4.98 Å². The zero-order valence-electron chi connectivity index (χ0n) is 15.0. The summed E-state index contributed by atoms with van der Waals surface area (Å²) in [6, 6.07) is 21.7. The van der Waals surface area contributed by atoms with Gasteiger partial charge < -0.3 is 0 Å². The summed E-state index contributed by atoms with van der Waals surface area (Å²) < 4.78 is 0. The summed E-state index contributed by atoms with van der Waals surface area (Å²) in [7, 11) is 0. The number of hydrogen-bond acceptors (Lipinski definition) is 1. The second-order valence-electron chi connectivity index (χ2n) is 6.99. The average Bonchev–Trinajstić information content (AvgIpc) is 2.62. The standard InChI is InChI=1S/C23H25N/c1-16(2)20-13-21(17(3)4)15-22(14-20)18-8-7-9-19(12-18)23-10-5-6-11-24-23/h5-17H,1-4H3. The largest absolute Gasteiger partial charge is 0.256 e. The number of hydrogen-bond donors (Lipinski definition) is 0. The molecule has 0 spiro atoms. The Kier molecular flexibility index (Phi) is 4.80. The van der Waals surface area contributed by atoms with Gasteiger partial charge in [-0.2, -0.15) is 0 Å². The van der Waals surface area contributed by atoms with E-state index < -0.39 is 0 Å². The van der Waals surface area contributed by atoms with E-state index in [1.807, 2.05) is 18.3 Å². The molecular formula is C23H25N. The molecule has 2 aromatic carbocycles. The lowest BCUT2D eigenvalue weighted by Crippen LogP contribution is -1.95. The summed E-state index contributed by atoms with van der Waals surface area (Å²) in [6.07, 6.45) is 1.85. The van der Waals surface area contributed by atoms with Crippen LogP contribution in [-0.2, 0) is 0 Å². The van der Waals surface area contributed by atoms with Gasteiger partial charge in [0.1, 0.15) is 0 Å². The predicted molar refractivity (Wildman–Crippen MR) is 103 cm³/mol. The van der Waals surface area contributed by atoms with Crippen LogP contribution in [0.3, 0.4) is 0 Å². The van der Waals surface area contributed by atoms with Crippen LogP contribution in [0.2, 0.25) is 0 Å². The highest BCUT2D eigenvalue weighted by Gasteiger charge is 2.09. The van der Waals surface area contributed by atoms with Crippen LogP contribution in [0, 0.1) is 0 Å². The van der Waals surface area contributed by atoms with Gasteiger partial charge in [-0.05, 0) is 52.3 Å². The highest BCUT2D eigenvalue weighted by Crippen LogP contribution is 2.31. The van der Waals surface area contributed by atoms with Crippen molar-refractivity contribution in [1.29, 1.82) is 0 Å². The molecule has 0 radical (unpaired) electrons. The molecule has 0 atom stereocenters. The van der Waals surface area contributed by atoms with E-state index in [0.717, 1.165) is 11.3 Å². The highest BCUT2D eigenvalue weighted by molar-refractivity contribution is 5.72. The lowest BCUT2D eigenvalue weighted by molar-refractivity contribution is 0.834. The van der Waals surface area contributed by atoms with Crippen molar-refractivity contribution in [3.63, 3.8) is 0 Å². The first-order chi connectivity index (χ1) is 11.5. The molecule has 0 aliphatic rings. The molecule has 0 aliphatic heterocycles. The number of pyridine rings is 1. The van der Waals surface area contributed by atoms with Crippen molar-refractivity contribution >= 4 is 0 Å². The molecule has 1 heteroatoms. The molecule has 0 saturated heterocycles. The number of nitrogens with zero attached hydrogens (tertiary/aromatic N) is 1. The van der Waals surface area contributed by atoms with Crippen LogP contribution in [0.4, 0.5) is 0 Å². The Hall–Kier alpha value is -2.41. The number of aromatic nitrogens is 1. The average molecular weight is 315 g/mol. The fourth-order valence-corrected chi connectivity index (χ4v) is 2.90. The minimum Gasteiger partial charge on any atom is -0.256 e. The molecule has 24 heavy (non-hydrogen) atoms. The summed E-state index contributed by atoms with van der Waals surface area (Å²) in [5, 5.41) is 0. The smallest absolute Gasteiger partial charge is 0.0702 e. The summed E-state index contributed by atoms with van der Waals surface area (Å²) in [5.41, 5.74) is 7.53. The van der Waals surface area contributed by atoms with Gasteiger partial charge in [0.2, 0.25) is 0 Å². The van der Waals surface area contributed by atoms with Crippen molar-refractivity contribution in [1.82, 2.24) is 4.98 Å². The van der Waals surface area contributed by atoms with Crippen LogP contribution < -0.4 is 0 Å². The van der Waals surface area contributed by atoms with Crippen LogP contribution in [0.25, 0.3) is 22.4 Å². The third-order valence-electron chi connectivity index (χ3n) is 4.47. The molecule has 0 fully saturated rings. The first-order valence-corrected chi connectivity index (χ1v) is 8.71. The third-order valence-corrected chi connectivity index (χ3v) is 4.47. The number of rotatable bonds is 4. The second kappa shape index (κ2) is 7.00. The van der Waals surface area contributed by atoms with Crippen molar-refractivity contribution in [3.05, 3.63) is 78.0 Å². The molecule has 3 rings (SSSR count). The zero-order valence-corrected chi connectivity index (χ0v) is 15.0. The predicted octanol–water partition coefficient (Wildman–Crippen LogP) is 6.66. The van der Waals surface area contributed by atoms with E-state index >= 15 is 0 Å². The van der Waals surface area contributed by atoms with Crippen molar-refractivity contribution < 1.29 is 0 Å². The van der Waals surface area contributed by atoms with Crippen LogP contribution in [0.1, 0.15) is 50.7 Å². The van der Waals surface area contributed by atoms with E-state index in [-0.39, 0.29) is 0 Å². The van der Waals surface area contributed by atoms with Gasteiger partial charge in [-0.1, -0.05) is 70.2 Å². The van der Waals surface area contributed by atoms with E-state index in [2.05, 4.69) is 81.2 Å². The van der Waals surface area contributed by atoms with E-state index in [0.29, 0.717) is 11.8 Å². The van der Waals surface area contributed by atoms with Gasteiger partial charge in [0.15, 0.2) is 0 Å². The van der Waals surface area contributed by atoms with Crippen LogP contribution in [0.5, 0.6) is 0 Å². The minimum absolute atomic E-state index is 0.529. The molecule has 122 valence electrons. The molecular weight excluding hydrogens is 290 g/mol. The molecule has 0 saturated carbocycles. The van der Waals surface area contributed by atoms with Gasteiger partial charge in [-0.15, -0.1) is 0 Å². The third kappa shape index (κ3) is 3.56. The summed E-state index contributed by atoms with van der Waals surface area (Å²) in [4.78, 5) is 4.48. The Balaban J connectivity index is 2.09. The molecule has 1 nitrogen and oxygen atoms in total. The normalized spacial score (nSPS) is 11.2. The second-order valence-corrected chi connectivity index (χ2v) is 6.99. The van der Waals surface area contributed by atoms with Crippen molar-refractivity contribution in [3.8, 4) is 22.4 Å². The first kappa shape index (κ1) is 16.4. The van der Waals surface area contributed by atoms with Crippen molar-refractivity contribution in [2.24, 2.45) is 0 Å². The molecule has 0 unspecified atom stereocenters. The Labute approximate surface area is 145 Å². The lowest BCUT2D eigenvalue weighted by Gasteiger charge is -2.15. The Morgan fingerprint density at radius 2 is 1.29 bits per heavy atom. The SMILES string of the molecule is CC(C)c1cc(-c2cccc(-c3ccccn3)c2)cc(C(C)C)c1. The van der Waals surface area contributed by atoms with E-state index in [4.69, 9.17) is 0 Å². The molecule has 0 amide bonds. The molecule has 3 aromatic rings. The van der Waals surface area contributed by atoms with Crippen LogP contribution in [-0.4, -0.2) is 4.98 Å². The maximum Gasteiger partial charge on any atom is 0.0702 e. The van der Waals surface area contributed by atoms with Crippen molar-refractivity contribution in [2.75, 3.05) is 0 Å². The Bertz CT molecular complexity index is 790. The summed E-state index contributed by atoms with van der Waals surface area (Å²) >= 11 is 0. The molecule has 1 heterocycles. The monoisotopic (exact) mass is 315 g/mol. The van der Waals surface area contributed by atoms with Gasteiger partial charge in [0.05, 0.1) is 5.69 Å². The van der Waals surface area contributed by atoms with Crippen LogP contribution >= 0.6 is 0 Å². The van der Waals surface area contributed by atoms with E-state index in [1.54, 1.807) is 0 Å². The molecule has 0 bridgehead atoms. The van der Waals surface area contributed by atoms with E-state index in [1.165, 1.54) is 22.3 Å². The van der Waals surface area contributed by atoms with Gasteiger partial charge in [0.25, 0.3) is 0 Å². The minimum atomic E-state index is 0.529. The quantitative estimate of drug-likeness (QED) is 0.524. The highest BCUT2D eigenvalue weighted by atomic mass is 14.7. The van der Waals surface area contributed by atoms with Crippen molar-refractivity contribution in [2.45, 2.75) is 39.5 Å². The molecule has 1 aromatic heterocycles. The Morgan fingerprint density at radius 1 is 0.625 bits per heavy atom. The zero-order chi connectivity index (χ0) is 17.1. The fraction of sp³-hybridized carbons (Fsp3) is 0.261. The van der Waals surface area contributed by atoms with Gasteiger partial charge in [0, 0.05) is 11.8 Å².